The molecule has 2 amide bonds. The number of hydrogen-bond acceptors (Lipinski definition) is 4. The second-order valence-electron chi connectivity index (χ2n) is 7.05. The zero-order valence-electron chi connectivity index (χ0n) is 14.8. The van der Waals surface area contributed by atoms with E-state index >= 15 is 0 Å². The van der Waals surface area contributed by atoms with Gasteiger partial charge in [0.15, 0.2) is 0 Å². The lowest BCUT2D eigenvalue weighted by Crippen LogP contribution is -2.43. The highest BCUT2D eigenvalue weighted by molar-refractivity contribution is 5.80. The monoisotopic (exact) mass is 327 g/mol. The Bertz CT molecular complexity index is 374. The minimum atomic E-state index is -0.409. The molecule has 0 radical (unpaired) electrons. The lowest BCUT2D eigenvalue weighted by molar-refractivity contribution is -0.124. The van der Waals surface area contributed by atoms with E-state index in [4.69, 9.17) is 10.5 Å². The number of hydrogen-bond donors (Lipinski definition) is 2. The molecule has 2 unspecified atom stereocenters. The van der Waals surface area contributed by atoms with Crippen LogP contribution in [0.3, 0.4) is 0 Å². The molecular weight excluding hydrogens is 294 g/mol. The number of amides is 2. The summed E-state index contributed by atoms with van der Waals surface area (Å²) < 4.78 is 5.88. The van der Waals surface area contributed by atoms with Crippen LogP contribution in [0.5, 0.6) is 0 Å². The van der Waals surface area contributed by atoms with Crippen molar-refractivity contribution < 1.29 is 14.3 Å². The fourth-order valence-corrected chi connectivity index (χ4v) is 3.11. The lowest BCUT2D eigenvalue weighted by Gasteiger charge is -2.28. The fraction of sp³-hybridized carbons (Fsp3) is 0.882. The van der Waals surface area contributed by atoms with Gasteiger partial charge in [0.25, 0.3) is 0 Å². The van der Waals surface area contributed by atoms with E-state index in [9.17, 15) is 9.59 Å². The van der Waals surface area contributed by atoms with E-state index in [1.165, 1.54) is 19.3 Å². The Kier molecular flexibility index (Phi) is 9.17. The third kappa shape index (κ3) is 8.91. The van der Waals surface area contributed by atoms with Gasteiger partial charge >= 0.3 is 0 Å². The second kappa shape index (κ2) is 10.6. The first-order valence-electron chi connectivity index (χ1n) is 8.77. The predicted molar refractivity (Wildman–Crippen MR) is 90.9 cm³/mol. The lowest BCUT2D eigenvalue weighted by atomic mass is 9.88. The molecule has 0 aromatic heterocycles. The quantitative estimate of drug-likeness (QED) is 0.589. The molecule has 0 bridgehead atoms. The van der Waals surface area contributed by atoms with Gasteiger partial charge in [0, 0.05) is 13.1 Å². The van der Waals surface area contributed by atoms with E-state index in [0.29, 0.717) is 37.6 Å². The number of carbonyl (C=O) groups is 2. The number of nitrogens with one attached hydrogen (secondary N) is 1. The van der Waals surface area contributed by atoms with Crippen LogP contribution in [-0.4, -0.2) is 55.6 Å². The molecule has 3 N–H and O–H groups in total. The van der Waals surface area contributed by atoms with Crippen molar-refractivity contribution in [2.24, 2.45) is 17.6 Å². The van der Waals surface area contributed by atoms with Gasteiger partial charge in [-0.1, -0.05) is 33.6 Å². The molecule has 6 nitrogen and oxygen atoms in total. The van der Waals surface area contributed by atoms with Gasteiger partial charge in [-0.25, -0.2) is 0 Å². The van der Waals surface area contributed by atoms with Gasteiger partial charge in [0.2, 0.25) is 11.8 Å². The normalized spacial score (nSPS) is 21.6. The molecule has 1 fully saturated rings. The van der Waals surface area contributed by atoms with Gasteiger partial charge in [0.1, 0.15) is 0 Å². The number of nitrogens with two attached hydrogens (primary N) is 1. The maximum absolute atomic E-state index is 12.0. The van der Waals surface area contributed by atoms with Crippen LogP contribution < -0.4 is 11.1 Å². The molecule has 0 aromatic carbocycles. The molecule has 0 heterocycles. The molecule has 0 saturated heterocycles. The first-order valence-corrected chi connectivity index (χ1v) is 8.77. The molecule has 134 valence electrons. The van der Waals surface area contributed by atoms with Crippen molar-refractivity contribution in [3.05, 3.63) is 0 Å². The first kappa shape index (κ1) is 19.9. The predicted octanol–water partition coefficient (Wildman–Crippen LogP) is 1.14. The Balaban J connectivity index is 2.22. The molecule has 1 rings (SSSR count). The fourth-order valence-electron chi connectivity index (χ4n) is 3.11. The number of carbonyl (C=O) groups excluding carboxylic acids is 2. The average molecular weight is 327 g/mol. The van der Waals surface area contributed by atoms with E-state index in [1.807, 2.05) is 13.8 Å². The van der Waals surface area contributed by atoms with Gasteiger partial charge < -0.3 is 15.8 Å². The molecular formula is C17H33N3O3. The van der Waals surface area contributed by atoms with Crippen molar-refractivity contribution in [2.45, 2.75) is 52.6 Å². The standard InChI is InChI=1S/C17H33N3O3/c1-13(2)10-20(11-16(18)21)12-17(22)19-8-9-23-15-7-5-4-6-14(15)3/h13-15H,4-12H2,1-3H3,(H2,18,21)(H,19,22). The second-order valence-corrected chi connectivity index (χ2v) is 7.05. The summed E-state index contributed by atoms with van der Waals surface area (Å²) in [7, 11) is 0. The van der Waals surface area contributed by atoms with E-state index in [0.717, 1.165) is 6.42 Å². The highest BCUT2D eigenvalue weighted by Gasteiger charge is 2.21. The minimum Gasteiger partial charge on any atom is -0.376 e. The highest BCUT2D eigenvalue weighted by atomic mass is 16.5. The van der Waals surface area contributed by atoms with E-state index in [-0.39, 0.29) is 19.0 Å². The summed E-state index contributed by atoms with van der Waals surface area (Å²) in [5.41, 5.74) is 5.23. The summed E-state index contributed by atoms with van der Waals surface area (Å²) >= 11 is 0. The largest absolute Gasteiger partial charge is 0.376 e. The molecule has 0 spiro atoms. The topological polar surface area (TPSA) is 84.7 Å². The summed E-state index contributed by atoms with van der Waals surface area (Å²) in [4.78, 5) is 24.8. The van der Waals surface area contributed by atoms with E-state index in [2.05, 4.69) is 12.2 Å². The SMILES string of the molecule is CC(C)CN(CC(N)=O)CC(=O)NCCOC1CCCCC1C. The van der Waals surface area contributed by atoms with Gasteiger partial charge in [0.05, 0.1) is 25.8 Å². The van der Waals surface area contributed by atoms with Crippen LogP contribution in [-0.2, 0) is 14.3 Å². The van der Waals surface area contributed by atoms with Crippen LogP contribution in [0.15, 0.2) is 0 Å². The molecule has 1 saturated carbocycles. The molecule has 23 heavy (non-hydrogen) atoms. The Morgan fingerprint density at radius 3 is 2.57 bits per heavy atom. The maximum Gasteiger partial charge on any atom is 0.234 e. The van der Waals surface area contributed by atoms with E-state index < -0.39 is 5.91 Å². The van der Waals surface area contributed by atoms with E-state index in [1.54, 1.807) is 4.90 Å². The first-order chi connectivity index (χ1) is 10.9. The summed E-state index contributed by atoms with van der Waals surface area (Å²) in [5, 5.41) is 2.86. The maximum atomic E-state index is 12.0. The molecule has 6 heteroatoms. The summed E-state index contributed by atoms with van der Waals surface area (Å²) in [6.07, 6.45) is 5.21. The zero-order chi connectivity index (χ0) is 17.2. The van der Waals surface area contributed by atoms with Crippen molar-refractivity contribution >= 4 is 11.8 Å². The highest BCUT2D eigenvalue weighted by Crippen LogP contribution is 2.25. The van der Waals surface area contributed by atoms with Crippen LogP contribution in [0.4, 0.5) is 0 Å². The summed E-state index contributed by atoms with van der Waals surface area (Å²) in [6.45, 7) is 8.36. The molecule has 0 aromatic rings. The van der Waals surface area contributed by atoms with Crippen LogP contribution in [0.2, 0.25) is 0 Å². The number of rotatable bonds is 10. The third-order valence-corrected chi connectivity index (χ3v) is 4.16. The van der Waals surface area contributed by atoms with Crippen LogP contribution in [0.1, 0.15) is 46.5 Å². The average Bonchev–Trinajstić information content (AvgIpc) is 2.43. The smallest absolute Gasteiger partial charge is 0.234 e. The summed E-state index contributed by atoms with van der Waals surface area (Å²) in [5.74, 6) is 0.482. The molecule has 1 aliphatic carbocycles. The number of nitrogens with zero attached hydrogens (tertiary/aromatic N) is 1. The number of primary amides is 1. The van der Waals surface area contributed by atoms with Crippen molar-refractivity contribution in [3.63, 3.8) is 0 Å². The molecule has 0 aliphatic heterocycles. The minimum absolute atomic E-state index is 0.0906. The van der Waals surface area contributed by atoms with Crippen molar-refractivity contribution in [2.75, 3.05) is 32.8 Å². The van der Waals surface area contributed by atoms with Gasteiger partial charge in [-0.05, 0) is 24.7 Å². The van der Waals surface area contributed by atoms with Crippen LogP contribution in [0, 0.1) is 11.8 Å². The Hall–Kier alpha value is -1.14. The summed E-state index contributed by atoms with van der Waals surface area (Å²) in [6, 6.07) is 0. The molecule has 2 atom stereocenters. The molecule has 1 aliphatic rings. The van der Waals surface area contributed by atoms with Crippen LogP contribution >= 0.6 is 0 Å². The van der Waals surface area contributed by atoms with Gasteiger partial charge in [-0.15, -0.1) is 0 Å². The Labute approximate surface area is 140 Å². The zero-order valence-corrected chi connectivity index (χ0v) is 14.8. The van der Waals surface area contributed by atoms with Crippen molar-refractivity contribution in [1.82, 2.24) is 10.2 Å². The Morgan fingerprint density at radius 1 is 1.26 bits per heavy atom. The van der Waals surface area contributed by atoms with Crippen LogP contribution in [0.25, 0.3) is 0 Å². The third-order valence-electron chi connectivity index (χ3n) is 4.16. The Morgan fingerprint density at radius 2 is 1.96 bits per heavy atom. The van der Waals surface area contributed by atoms with Gasteiger partial charge in [-0.2, -0.15) is 0 Å². The number of ether oxygens (including phenoxy) is 1. The van der Waals surface area contributed by atoms with Crippen molar-refractivity contribution in [1.29, 1.82) is 0 Å². The van der Waals surface area contributed by atoms with Crippen molar-refractivity contribution in [3.8, 4) is 0 Å². The van der Waals surface area contributed by atoms with Gasteiger partial charge in [-0.3, -0.25) is 14.5 Å².